The van der Waals surface area contributed by atoms with Gasteiger partial charge < -0.3 is 5.32 Å². The van der Waals surface area contributed by atoms with Gasteiger partial charge in [0, 0.05) is 13.1 Å². The molecule has 1 atom stereocenters. The predicted molar refractivity (Wildman–Crippen MR) is 54.3 cm³/mol. The second-order valence-corrected chi connectivity index (χ2v) is 4.56. The second kappa shape index (κ2) is 4.27. The first kappa shape index (κ1) is 10.0. The first-order chi connectivity index (χ1) is 5.72. The Kier molecular flexibility index (Phi) is 3.57. The van der Waals surface area contributed by atoms with Crippen LogP contribution in [0.1, 0.15) is 46.5 Å². The van der Waals surface area contributed by atoms with Crippen LogP contribution >= 0.6 is 0 Å². The maximum atomic E-state index is 3.40. The molecule has 0 amide bonds. The van der Waals surface area contributed by atoms with Crippen LogP contribution < -0.4 is 5.32 Å². The van der Waals surface area contributed by atoms with Crippen molar-refractivity contribution >= 4 is 0 Å². The standard InChI is InChI=1S/C11H23N/c1-4-6-10(3)7-11(5-2)8-12-9-11/h10,12H,4-9H2,1-3H3. The third kappa shape index (κ3) is 2.22. The number of hydrogen-bond acceptors (Lipinski definition) is 1. The maximum Gasteiger partial charge on any atom is 0.00202 e. The van der Waals surface area contributed by atoms with Gasteiger partial charge in [0.15, 0.2) is 0 Å². The zero-order chi connectivity index (χ0) is 9.03. The van der Waals surface area contributed by atoms with Crippen molar-refractivity contribution in [3.63, 3.8) is 0 Å². The normalized spacial score (nSPS) is 23.2. The Balaban J connectivity index is 2.27. The summed E-state index contributed by atoms with van der Waals surface area (Å²) >= 11 is 0. The van der Waals surface area contributed by atoms with Gasteiger partial charge in [-0.1, -0.05) is 33.6 Å². The van der Waals surface area contributed by atoms with Crippen molar-refractivity contribution in [2.45, 2.75) is 46.5 Å². The van der Waals surface area contributed by atoms with E-state index < -0.39 is 0 Å². The molecule has 1 saturated heterocycles. The average Bonchev–Trinajstić information content (AvgIpc) is 1.97. The molecule has 1 nitrogen and oxygen atoms in total. The minimum Gasteiger partial charge on any atom is -0.316 e. The largest absolute Gasteiger partial charge is 0.316 e. The van der Waals surface area contributed by atoms with Crippen LogP contribution in [-0.2, 0) is 0 Å². The molecular formula is C11H23N. The van der Waals surface area contributed by atoms with Crippen LogP contribution in [0.5, 0.6) is 0 Å². The van der Waals surface area contributed by atoms with E-state index in [1.54, 1.807) is 0 Å². The van der Waals surface area contributed by atoms with Crippen LogP contribution in [0.3, 0.4) is 0 Å². The van der Waals surface area contributed by atoms with E-state index in [0.29, 0.717) is 5.41 Å². The lowest BCUT2D eigenvalue weighted by molar-refractivity contribution is 0.118. The summed E-state index contributed by atoms with van der Waals surface area (Å²) in [7, 11) is 0. The second-order valence-electron chi connectivity index (χ2n) is 4.56. The summed E-state index contributed by atoms with van der Waals surface area (Å²) < 4.78 is 0. The summed E-state index contributed by atoms with van der Waals surface area (Å²) in [6, 6.07) is 0. The Morgan fingerprint density at radius 3 is 2.33 bits per heavy atom. The van der Waals surface area contributed by atoms with Crippen LogP contribution in [-0.4, -0.2) is 13.1 Å². The fraction of sp³-hybridized carbons (Fsp3) is 1.00. The van der Waals surface area contributed by atoms with E-state index >= 15 is 0 Å². The Morgan fingerprint density at radius 2 is 2.00 bits per heavy atom. The van der Waals surface area contributed by atoms with E-state index in [0.717, 1.165) is 5.92 Å². The summed E-state index contributed by atoms with van der Waals surface area (Å²) in [4.78, 5) is 0. The summed E-state index contributed by atoms with van der Waals surface area (Å²) in [5, 5.41) is 3.40. The monoisotopic (exact) mass is 169 g/mol. The Morgan fingerprint density at radius 1 is 1.33 bits per heavy atom. The lowest BCUT2D eigenvalue weighted by Crippen LogP contribution is -2.53. The molecule has 1 rings (SSSR count). The summed E-state index contributed by atoms with van der Waals surface area (Å²) in [5.41, 5.74) is 0.675. The van der Waals surface area contributed by atoms with Gasteiger partial charge in [0.1, 0.15) is 0 Å². The minimum absolute atomic E-state index is 0.675. The van der Waals surface area contributed by atoms with Gasteiger partial charge in [0.2, 0.25) is 0 Å². The molecule has 0 aliphatic carbocycles. The highest BCUT2D eigenvalue weighted by molar-refractivity contribution is 4.91. The quantitative estimate of drug-likeness (QED) is 0.667. The van der Waals surface area contributed by atoms with Crippen molar-refractivity contribution in [1.29, 1.82) is 0 Å². The molecule has 1 heterocycles. The van der Waals surface area contributed by atoms with Gasteiger partial charge in [-0.05, 0) is 24.2 Å². The van der Waals surface area contributed by atoms with E-state index in [1.165, 1.54) is 38.8 Å². The zero-order valence-electron chi connectivity index (χ0n) is 8.82. The van der Waals surface area contributed by atoms with Crippen molar-refractivity contribution < 1.29 is 0 Å². The first-order valence-corrected chi connectivity index (χ1v) is 5.43. The van der Waals surface area contributed by atoms with Crippen LogP contribution in [0, 0.1) is 11.3 Å². The van der Waals surface area contributed by atoms with E-state index in [9.17, 15) is 0 Å². The van der Waals surface area contributed by atoms with Gasteiger partial charge in [-0.2, -0.15) is 0 Å². The number of hydrogen-bond donors (Lipinski definition) is 1. The van der Waals surface area contributed by atoms with Gasteiger partial charge in [-0.3, -0.25) is 0 Å². The highest BCUT2D eigenvalue weighted by Gasteiger charge is 2.35. The number of nitrogens with one attached hydrogen (secondary N) is 1. The lowest BCUT2D eigenvalue weighted by atomic mass is 9.72. The molecular weight excluding hydrogens is 146 g/mol. The van der Waals surface area contributed by atoms with Crippen LogP contribution in [0.4, 0.5) is 0 Å². The molecule has 1 aliphatic heterocycles. The molecule has 1 N–H and O–H groups in total. The van der Waals surface area contributed by atoms with E-state index in [-0.39, 0.29) is 0 Å². The van der Waals surface area contributed by atoms with Crippen molar-refractivity contribution in [2.75, 3.05) is 13.1 Å². The van der Waals surface area contributed by atoms with Gasteiger partial charge in [0.05, 0.1) is 0 Å². The minimum atomic E-state index is 0.675. The van der Waals surface area contributed by atoms with Gasteiger partial charge in [0.25, 0.3) is 0 Å². The molecule has 0 spiro atoms. The molecule has 0 aromatic carbocycles. The predicted octanol–water partition coefficient (Wildman–Crippen LogP) is 2.81. The van der Waals surface area contributed by atoms with Gasteiger partial charge in [-0.15, -0.1) is 0 Å². The fourth-order valence-electron chi connectivity index (χ4n) is 2.35. The van der Waals surface area contributed by atoms with Crippen LogP contribution in [0.2, 0.25) is 0 Å². The Labute approximate surface area is 76.9 Å². The fourth-order valence-corrected chi connectivity index (χ4v) is 2.35. The van der Waals surface area contributed by atoms with Crippen molar-refractivity contribution in [3.8, 4) is 0 Å². The van der Waals surface area contributed by atoms with Crippen LogP contribution in [0.15, 0.2) is 0 Å². The van der Waals surface area contributed by atoms with Crippen molar-refractivity contribution in [1.82, 2.24) is 5.32 Å². The molecule has 0 radical (unpaired) electrons. The molecule has 12 heavy (non-hydrogen) atoms. The van der Waals surface area contributed by atoms with Gasteiger partial charge in [-0.25, -0.2) is 0 Å². The highest BCUT2D eigenvalue weighted by Crippen LogP contribution is 2.35. The molecule has 1 aliphatic rings. The maximum absolute atomic E-state index is 3.40. The smallest absolute Gasteiger partial charge is 0.00202 e. The van der Waals surface area contributed by atoms with E-state index in [1.807, 2.05) is 0 Å². The van der Waals surface area contributed by atoms with Crippen molar-refractivity contribution in [2.24, 2.45) is 11.3 Å². The lowest BCUT2D eigenvalue weighted by Gasteiger charge is -2.44. The molecule has 0 saturated carbocycles. The molecule has 72 valence electrons. The van der Waals surface area contributed by atoms with E-state index in [2.05, 4.69) is 26.1 Å². The summed E-state index contributed by atoms with van der Waals surface area (Å²) in [6.45, 7) is 9.54. The highest BCUT2D eigenvalue weighted by atomic mass is 15.0. The topological polar surface area (TPSA) is 12.0 Å². The third-order valence-electron chi connectivity index (χ3n) is 3.31. The summed E-state index contributed by atoms with van der Waals surface area (Å²) in [6.07, 6.45) is 5.54. The molecule has 0 aromatic heterocycles. The number of rotatable bonds is 5. The molecule has 1 fully saturated rings. The van der Waals surface area contributed by atoms with E-state index in [4.69, 9.17) is 0 Å². The molecule has 1 heteroatoms. The molecule has 0 bridgehead atoms. The Hall–Kier alpha value is -0.0400. The van der Waals surface area contributed by atoms with Gasteiger partial charge >= 0.3 is 0 Å². The SMILES string of the molecule is CCCC(C)CC1(CC)CNC1. The molecule has 1 unspecified atom stereocenters. The zero-order valence-corrected chi connectivity index (χ0v) is 8.82. The van der Waals surface area contributed by atoms with Crippen molar-refractivity contribution in [3.05, 3.63) is 0 Å². The molecule has 0 aromatic rings. The Bertz CT molecular complexity index is 121. The average molecular weight is 169 g/mol. The first-order valence-electron chi connectivity index (χ1n) is 5.43. The third-order valence-corrected chi connectivity index (χ3v) is 3.31. The van der Waals surface area contributed by atoms with Crippen LogP contribution in [0.25, 0.3) is 0 Å². The summed E-state index contributed by atoms with van der Waals surface area (Å²) in [5.74, 6) is 0.928.